The van der Waals surface area contributed by atoms with Crippen LogP contribution in [0.3, 0.4) is 0 Å². The molecular weight excluding hydrogens is 282 g/mol. The highest BCUT2D eigenvalue weighted by atomic mass is 32.2. The van der Waals surface area contributed by atoms with E-state index in [9.17, 15) is 13.8 Å². The Morgan fingerprint density at radius 3 is 2.80 bits per heavy atom. The van der Waals surface area contributed by atoms with Gasteiger partial charge < -0.3 is 16.5 Å². The molecule has 0 bridgehead atoms. The normalized spacial score (nSPS) is 13.8. The molecule has 2 unspecified atom stereocenters. The van der Waals surface area contributed by atoms with Gasteiger partial charge in [0, 0.05) is 5.69 Å². The zero-order chi connectivity index (χ0) is 14.9. The van der Waals surface area contributed by atoms with Crippen LogP contribution < -0.4 is 16.8 Å². The number of primary amides is 1. The first-order valence-corrected chi connectivity index (χ1v) is 6.86. The number of rotatable bonds is 3. The van der Waals surface area contributed by atoms with E-state index in [1.54, 1.807) is 18.2 Å². The van der Waals surface area contributed by atoms with E-state index < -0.39 is 28.0 Å². The molecule has 2 aromatic rings. The maximum absolute atomic E-state index is 12.2. The largest absolute Gasteiger partial charge is 0.399 e. The number of anilines is 1. The Bertz CT molecular complexity index is 711. The minimum atomic E-state index is -1.74. The average molecular weight is 295 g/mol. The number of benzene rings is 1. The maximum atomic E-state index is 12.2. The van der Waals surface area contributed by atoms with E-state index in [0.717, 1.165) is 0 Å². The van der Waals surface area contributed by atoms with Crippen molar-refractivity contribution in [2.45, 2.75) is 17.3 Å². The summed E-state index contributed by atoms with van der Waals surface area (Å²) in [5.41, 5.74) is 12.2. The smallest absolute Gasteiger partial charge is 0.318 e. The number of urea groups is 1. The average Bonchev–Trinajstić information content (AvgIpc) is 2.78. The zero-order valence-corrected chi connectivity index (χ0v) is 11.4. The minimum absolute atomic E-state index is 0.137. The van der Waals surface area contributed by atoms with Crippen LogP contribution in [0.4, 0.5) is 10.5 Å². The molecular formula is C11H13N5O3S. The van der Waals surface area contributed by atoms with Crippen molar-refractivity contribution in [1.29, 1.82) is 0 Å². The second-order valence-corrected chi connectivity index (χ2v) is 5.80. The second kappa shape index (κ2) is 5.29. The number of H-pyrrole nitrogens is 1. The van der Waals surface area contributed by atoms with Crippen molar-refractivity contribution in [3.8, 4) is 0 Å². The van der Waals surface area contributed by atoms with Crippen molar-refractivity contribution in [2.75, 3.05) is 5.73 Å². The lowest BCUT2D eigenvalue weighted by Crippen LogP contribution is -2.42. The minimum Gasteiger partial charge on any atom is -0.399 e. The Kier molecular flexibility index (Phi) is 3.70. The first kappa shape index (κ1) is 14.0. The van der Waals surface area contributed by atoms with Crippen molar-refractivity contribution < 1.29 is 13.8 Å². The van der Waals surface area contributed by atoms with E-state index in [1.165, 1.54) is 6.92 Å². The van der Waals surface area contributed by atoms with E-state index >= 15 is 0 Å². The summed E-state index contributed by atoms with van der Waals surface area (Å²) in [6.07, 6.45) is 0. The molecule has 106 valence electrons. The monoisotopic (exact) mass is 295 g/mol. The van der Waals surface area contributed by atoms with Gasteiger partial charge in [-0.2, -0.15) is 0 Å². The van der Waals surface area contributed by atoms with Crippen molar-refractivity contribution in [2.24, 2.45) is 5.73 Å². The number of imide groups is 1. The Balaban J connectivity index is 2.26. The molecule has 0 fully saturated rings. The number of hydrogen-bond acceptors (Lipinski definition) is 5. The van der Waals surface area contributed by atoms with Gasteiger partial charge in [0.25, 0.3) is 0 Å². The summed E-state index contributed by atoms with van der Waals surface area (Å²) in [6, 6.07) is 4.00. The molecule has 20 heavy (non-hydrogen) atoms. The Morgan fingerprint density at radius 2 is 2.15 bits per heavy atom. The van der Waals surface area contributed by atoms with Crippen molar-refractivity contribution >= 4 is 39.5 Å². The van der Waals surface area contributed by atoms with E-state index in [-0.39, 0.29) is 5.16 Å². The quantitative estimate of drug-likeness (QED) is 0.581. The molecule has 1 aromatic carbocycles. The molecule has 3 amide bonds. The highest BCUT2D eigenvalue weighted by Crippen LogP contribution is 2.18. The number of nitrogen functional groups attached to an aromatic ring is 1. The maximum Gasteiger partial charge on any atom is 0.318 e. The summed E-state index contributed by atoms with van der Waals surface area (Å²) in [4.78, 5) is 29.1. The number of carbonyl (C=O) groups excluding carboxylic acids is 2. The van der Waals surface area contributed by atoms with Crippen LogP contribution >= 0.6 is 0 Å². The fourth-order valence-corrected chi connectivity index (χ4v) is 2.57. The van der Waals surface area contributed by atoms with E-state index in [0.29, 0.717) is 16.7 Å². The van der Waals surface area contributed by atoms with Crippen LogP contribution in [0.25, 0.3) is 11.0 Å². The lowest BCUT2D eigenvalue weighted by molar-refractivity contribution is -0.119. The number of aromatic amines is 1. The summed E-state index contributed by atoms with van der Waals surface area (Å²) >= 11 is 0. The first-order chi connectivity index (χ1) is 9.38. The number of carbonyl (C=O) groups is 2. The van der Waals surface area contributed by atoms with Gasteiger partial charge in [0.2, 0.25) is 5.91 Å². The molecule has 2 atom stereocenters. The van der Waals surface area contributed by atoms with Crippen LogP contribution in [0, 0.1) is 0 Å². The zero-order valence-electron chi connectivity index (χ0n) is 10.5. The summed E-state index contributed by atoms with van der Waals surface area (Å²) in [6.45, 7) is 1.41. The van der Waals surface area contributed by atoms with Crippen LogP contribution in [0.2, 0.25) is 0 Å². The predicted molar refractivity (Wildman–Crippen MR) is 74.1 cm³/mol. The molecule has 0 saturated heterocycles. The molecule has 0 aliphatic carbocycles. The molecule has 2 rings (SSSR count). The van der Waals surface area contributed by atoms with Gasteiger partial charge in [-0.15, -0.1) is 0 Å². The number of aromatic nitrogens is 2. The molecule has 0 spiro atoms. The molecule has 0 saturated carbocycles. The number of hydrogen-bond donors (Lipinski definition) is 4. The topological polar surface area (TPSA) is 144 Å². The van der Waals surface area contributed by atoms with Crippen LogP contribution in [0.5, 0.6) is 0 Å². The third-order valence-electron chi connectivity index (χ3n) is 2.61. The van der Waals surface area contributed by atoms with Crippen LogP contribution in [-0.4, -0.2) is 31.4 Å². The molecule has 6 N–H and O–H groups in total. The number of nitrogens with zero attached hydrogens (tertiary/aromatic N) is 1. The molecule has 1 aromatic heterocycles. The van der Waals surface area contributed by atoms with Gasteiger partial charge in [0.1, 0.15) is 16.0 Å². The van der Waals surface area contributed by atoms with Gasteiger partial charge >= 0.3 is 6.03 Å². The highest BCUT2D eigenvalue weighted by molar-refractivity contribution is 7.86. The summed E-state index contributed by atoms with van der Waals surface area (Å²) in [5.74, 6) is -0.726. The molecule has 0 aliphatic heterocycles. The lowest BCUT2D eigenvalue weighted by atomic mass is 10.3. The molecule has 8 nitrogen and oxygen atoms in total. The van der Waals surface area contributed by atoms with E-state index in [1.807, 2.05) is 5.32 Å². The van der Waals surface area contributed by atoms with Gasteiger partial charge in [0.15, 0.2) is 5.16 Å². The van der Waals surface area contributed by atoms with Gasteiger partial charge in [-0.1, -0.05) is 0 Å². The molecule has 9 heteroatoms. The van der Waals surface area contributed by atoms with Gasteiger partial charge in [-0.25, -0.2) is 9.78 Å². The van der Waals surface area contributed by atoms with Crippen molar-refractivity contribution in [3.63, 3.8) is 0 Å². The fourth-order valence-electron chi connectivity index (χ4n) is 1.59. The summed E-state index contributed by atoms with van der Waals surface area (Å²) < 4.78 is 12.2. The molecule has 1 heterocycles. The van der Waals surface area contributed by atoms with Crippen LogP contribution in [-0.2, 0) is 15.6 Å². The summed E-state index contributed by atoms with van der Waals surface area (Å²) in [5, 5.41) is 1.05. The SMILES string of the molecule is CC(C(=O)NC(N)=O)S(=O)c1nc2ccc(N)cc2[nH]1. The number of fused-ring (bicyclic) bond motifs is 1. The molecule has 0 aliphatic rings. The standard InChI is InChI=1S/C11H13N5O3S/c1-5(9(17)16-10(13)18)20(19)11-14-7-3-2-6(12)4-8(7)15-11/h2-5H,12H2,1H3,(H,14,15)(H3,13,16,17,18). The first-order valence-electron chi connectivity index (χ1n) is 5.64. The van der Waals surface area contributed by atoms with Crippen LogP contribution in [0.1, 0.15) is 6.92 Å². The Morgan fingerprint density at radius 1 is 1.45 bits per heavy atom. The number of imidazole rings is 1. The second-order valence-electron chi connectivity index (χ2n) is 4.11. The van der Waals surface area contributed by atoms with Crippen molar-refractivity contribution in [1.82, 2.24) is 15.3 Å². The Labute approximate surface area is 116 Å². The highest BCUT2D eigenvalue weighted by Gasteiger charge is 2.24. The number of nitrogens with one attached hydrogen (secondary N) is 2. The predicted octanol–water partition coefficient (Wildman–Crippen LogP) is -0.164. The third kappa shape index (κ3) is 2.77. The van der Waals surface area contributed by atoms with Gasteiger partial charge in [-0.3, -0.25) is 14.3 Å². The van der Waals surface area contributed by atoms with Crippen LogP contribution in [0.15, 0.2) is 23.4 Å². The van der Waals surface area contributed by atoms with Crippen molar-refractivity contribution in [3.05, 3.63) is 18.2 Å². The Hall–Kier alpha value is -2.42. The van der Waals surface area contributed by atoms with Gasteiger partial charge in [-0.05, 0) is 25.1 Å². The summed E-state index contributed by atoms with van der Waals surface area (Å²) in [7, 11) is -1.74. The number of nitrogens with two attached hydrogens (primary N) is 2. The molecule has 0 radical (unpaired) electrons. The van der Waals surface area contributed by atoms with E-state index in [2.05, 4.69) is 9.97 Å². The third-order valence-corrected chi connectivity index (χ3v) is 4.04. The fraction of sp³-hybridized carbons (Fsp3) is 0.182. The van der Waals surface area contributed by atoms with Gasteiger partial charge in [0.05, 0.1) is 11.0 Å². The number of amides is 3. The lowest BCUT2D eigenvalue weighted by Gasteiger charge is -2.07. The van der Waals surface area contributed by atoms with E-state index in [4.69, 9.17) is 11.5 Å².